The number of likely N-dealkylation sites (tertiary alicyclic amines) is 1. The standard InChI is InChI=1S/C11H14ClN3O2/c12-7-1-2-9(14-4-7)10(3-11(13)17)15-5-8(16)6-15/h1-2,4,8,10,16H,3,5-6H2,(H2,13,17). The average Bonchev–Trinajstić information content (AvgIpc) is 2.23. The predicted octanol–water partition coefficient (Wildman–Crippen LogP) is 0.328. The molecule has 92 valence electrons. The van der Waals surface area contributed by atoms with E-state index in [0.717, 1.165) is 5.69 Å². The van der Waals surface area contributed by atoms with Crippen LogP contribution in [0, 0.1) is 0 Å². The van der Waals surface area contributed by atoms with Gasteiger partial charge in [-0.15, -0.1) is 0 Å². The number of rotatable bonds is 4. The van der Waals surface area contributed by atoms with Crippen LogP contribution >= 0.6 is 11.6 Å². The highest BCUT2D eigenvalue weighted by Gasteiger charge is 2.33. The van der Waals surface area contributed by atoms with E-state index in [9.17, 15) is 9.90 Å². The van der Waals surface area contributed by atoms with E-state index >= 15 is 0 Å². The molecule has 0 aliphatic carbocycles. The SMILES string of the molecule is NC(=O)CC(c1ccc(Cl)cn1)N1CC(O)C1. The van der Waals surface area contributed by atoms with E-state index in [1.807, 2.05) is 4.90 Å². The Kier molecular flexibility index (Phi) is 3.61. The molecule has 1 amide bonds. The van der Waals surface area contributed by atoms with E-state index in [0.29, 0.717) is 18.1 Å². The summed E-state index contributed by atoms with van der Waals surface area (Å²) in [5.74, 6) is -0.381. The Labute approximate surface area is 104 Å². The Morgan fingerprint density at radius 1 is 1.65 bits per heavy atom. The van der Waals surface area contributed by atoms with Crippen molar-refractivity contribution in [2.75, 3.05) is 13.1 Å². The van der Waals surface area contributed by atoms with Crippen LogP contribution in [0.2, 0.25) is 5.02 Å². The number of nitrogens with two attached hydrogens (primary N) is 1. The molecule has 1 aliphatic rings. The zero-order valence-corrected chi connectivity index (χ0v) is 9.97. The molecule has 1 atom stereocenters. The number of amides is 1. The number of aromatic nitrogens is 1. The van der Waals surface area contributed by atoms with Crippen LogP contribution in [0.15, 0.2) is 18.3 Å². The fourth-order valence-electron chi connectivity index (χ4n) is 1.94. The van der Waals surface area contributed by atoms with Crippen LogP contribution in [0.25, 0.3) is 0 Å². The number of β-amino-alcohol motifs (C(OH)–C–C–N with tert-alkyl or cyclic N) is 1. The minimum atomic E-state index is -0.381. The van der Waals surface area contributed by atoms with Crippen molar-refractivity contribution >= 4 is 17.5 Å². The van der Waals surface area contributed by atoms with Crippen molar-refractivity contribution in [1.29, 1.82) is 0 Å². The summed E-state index contributed by atoms with van der Waals surface area (Å²) < 4.78 is 0. The maximum Gasteiger partial charge on any atom is 0.219 e. The lowest BCUT2D eigenvalue weighted by Crippen LogP contribution is -2.52. The van der Waals surface area contributed by atoms with Crippen molar-refractivity contribution in [2.45, 2.75) is 18.6 Å². The molecule has 0 saturated carbocycles. The van der Waals surface area contributed by atoms with Crippen molar-refractivity contribution in [1.82, 2.24) is 9.88 Å². The van der Waals surface area contributed by atoms with Crippen molar-refractivity contribution in [3.8, 4) is 0 Å². The van der Waals surface area contributed by atoms with Crippen LogP contribution in [-0.4, -0.2) is 40.1 Å². The van der Waals surface area contributed by atoms with Gasteiger partial charge in [0, 0.05) is 25.7 Å². The number of nitrogens with zero attached hydrogens (tertiary/aromatic N) is 2. The van der Waals surface area contributed by atoms with Gasteiger partial charge in [-0.3, -0.25) is 14.7 Å². The number of aliphatic hydroxyl groups excluding tert-OH is 1. The number of pyridine rings is 1. The van der Waals surface area contributed by atoms with Gasteiger partial charge in [0.25, 0.3) is 0 Å². The van der Waals surface area contributed by atoms with Gasteiger partial charge in [-0.25, -0.2) is 0 Å². The number of aliphatic hydroxyl groups is 1. The Hall–Kier alpha value is -1.17. The number of primary amides is 1. The van der Waals surface area contributed by atoms with Gasteiger partial charge >= 0.3 is 0 Å². The molecule has 0 spiro atoms. The minimum absolute atomic E-state index is 0.173. The Balaban J connectivity index is 2.14. The maximum atomic E-state index is 11.1. The molecule has 1 saturated heterocycles. The van der Waals surface area contributed by atoms with Crippen molar-refractivity contribution in [2.24, 2.45) is 5.73 Å². The molecular formula is C11H14ClN3O2. The summed E-state index contributed by atoms with van der Waals surface area (Å²) in [7, 11) is 0. The van der Waals surface area contributed by atoms with E-state index in [2.05, 4.69) is 4.98 Å². The molecule has 3 N–H and O–H groups in total. The van der Waals surface area contributed by atoms with E-state index in [4.69, 9.17) is 17.3 Å². The Bertz CT molecular complexity index is 404. The quantitative estimate of drug-likeness (QED) is 0.813. The van der Waals surface area contributed by atoms with Gasteiger partial charge in [-0.05, 0) is 12.1 Å². The van der Waals surface area contributed by atoms with Gasteiger partial charge < -0.3 is 10.8 Å². The van der Waals surface area contributed by atoms with Gasteiger partial charge in [0.15, 0.2) is 0 Å². The summed E-state index contributed by atoms with van der Waals surface area (Å²) in [6.07, 6.45) is 1.42. The molecule has 0 aromatic carbocycles. The first-order chi connectivity index (χ1) is 8.06. The van der Waals surface area contributed by atoms with Crippen LogP contribution < -0.4 is 5.73 Å². The lowest BCUT2D eigenvalue weighted by atomic mass is 10.0. The van der Waals surface area contributed by atoms with Gasteiger partial charge in [-0.2, -0.15) is 0 Å². The smallest absolute Gasteiger partial charge is 0.219 e. The highest BCUT2D eigenvalue weighted by molar-refractivity contribution is 6.30. The number of hydrogen-bond donors (Lipinski definition) is 2. The van der Waals surface area contributed by atoms with Crippen LogP contribution in [0.1, 0.15) is 18.2 Å². The van der Waals surface area contributed by atoms with Crippen LogP contribution in [0.5, 0.6) is 0 Å². The minimum Gasteiger partial charge on any atom is -0.390 e. The van der Waals surface area contributed by atoms with Gasteiger partial charge in [0.1, 0.15) is 0 Å². The third kappa shape index (κ3) is 2.94. The molecule has 2 heterocycles. The molecule has 1 unspecified atom stereocenters. The number of carbonyl (C=O) groups is 1. The van der Waals surface area contributed by atoms with Crippen molar-refractivity contribution in [3.05, 3.63) is 29.0 Å². The maximum absolute atomic E-state index is 11.1. The summed E-state index contributed by atoms with van der Waals surface area (Å²) in [5.41, 5.74) is 5.98. The number of halogens is 1. The number of carbonyl (C=O) groups excluding carboxylic acids is 1. The predicted molar refractivity (Wildman–Crippen MR) is 63.4 cm³/mol. The highest BCUT2D eigenvalue weighted by Crippen LogP contribution is 2.27. The second kappa shape index (κ2) is 5.00. The third-order valence-electron chi connectivity index (χ3n) is 2.82. The second-order valence-corrected chi connectivity index (χ2v) is 4.63. The zero-order valence-electron chi connectivity index (χ0n) is 9.21. The van der Waals surface area contributed by atoms with E-state index < -0.39 is 0 Å². The average molecular weight is 256 g/mol. The molecule has 2 rings (SSSR count). The molecule has 1 fully saturated rings. The molecule has 6 heteroatoms. The summed E-state index contributed by atoms with van der Waals surface area (Å²) in [6.45, 7) is 1.09. The monoisotopic (exact) mass is 255 g/mol. The topological polar surface area (TPSA) is 79.5 Å². The van der Waals surface area contributed by atoms with Crippen LogP contribution in [-0.2, 0) is 4.79 Å². The van der Waals surface area contributed by atoms with Gasteiger partial charge in [0.05, 0.1) is 22.9 Å². The van der Waals surface area contributed by atoms with E-state index in [-0.39, 0.29) is 24.5 Å². The summed E-state index contributed by atoms with van der Waals surface area (Å²) in [6, 6.07) is 3.34. The lowest BCUT2D eigenvalue weighted by molar-refractivity contribution is -0.121. The molecular weight excluding hydrogens is 242 g/mol. The summed E-state index contributed by atoms with van der Waals surface area (Å²) >= 11 is 5.76. The van der Waals surface area contributed by atoms with Crippen LogP contribution in [0.3, 0.4) is 0 Å². The molecule has 1 aromatic heterocycles. The summed E-state index contributed by atoms with van der Waals surface area (Å²) in [4.78, 5) is 17.2. The van der Waals surface area contributed by atoms with E-state index in [1.165, 1.54) is 0 Å². The van der Waals surface area contributed by atoms with Gasteiger partial charge in [0.2, 0.25) is 5.91 Å². The van der Waals surface area contributed by atoms with Crippen molar-refractivity contribution in [3.63, 3.8) is 0 Å². The Morgan fingerprint density at radius 2 is 2.35 bits per heavy atom. The third-order valence-corrected chi connectivity index (χ3v) is 3.04. The first-order valence-electron chi connectivity index (χ1n) is 5.38. The molecule has 1 aromatic rings. The number of hydrogen-bond acceptors (Lipinski definition) is 4. The fraction of sp³-hybridized carbons (Fsp3) is 0.455. The second-order valence-electron chi connectivity index (χ2n) is 4.20. The molecule has 1 aliphatic heterocycles. The first kappa shape index (κ1) is 12.3. The Morgan fingerprint density at radius 3 is 2.82 bits per heavy atom. The van der Waals surface area contributed by atoms with Crippen molar-refractivity contribution < 1.29 is 9.90 Å². The largest absolute Gasteiger partial charge is 0.390 e. The molecule has 17 heavy (non-hydrogen) atoms. The summed E-state index contributed by atoms with van der Waals surface area (Å²) in [5, 5.41) is 9.84. The highest BCUT2D eigenvalue weighted by atomic mass is 35.5. The zero-order chi connectivity index (χ0) is 12.4. The van der Waals surface area contributed by atoms with E-state index in [1.54, 1.807) is 18.3 Å². The normalized spacial score (nSPS) is 18.7. The van der Waals surface area contributed by atoms with Crippen LogP contribution in [0.4, 0.5) is 0 Å². The first-order valence-corrected chi connectivity index (χ1v) is 5.76. The molecule has 0 bridgehead atoms. The van der Waals surface area contributed by atoms with Gasteiger partial charge in [-0.1, -0.05) is 11.6 Å². The fourth-order valence-corrected chi connectivity index (χ4v) is 2.05. The molecule has 5 nitrogen and oxygen atoms in total. The lowest BCUT2D eigenvalue weighted by Gasteiger charge is -2.41. The molecule has 0 radical (unpaired) electrons.